The second-order valence-corrected chi connectivity index (χ2v) is 8.23. The van der Waals surface area contributed by atoms with Gasteiger partial charge in [-0.3, -0.25) is 0 Å². The van der Waals surface area contributed by atoms with Gasteiger partial charge in [0.1, 0.15) is 61.0 Å². The number of hydrogen-bond donors (Lipinski definition) is 10. The van der Waals surface area contributed by atoms with E-state index < -0.39 is 106 Å². The molecule has 0 aromatic heterocycles. The Bertz CT molecular complexity index is 609. The molecule has 33 heavy (non-hydrogen) atoms. The van der Waals surface area contributed by atoms with Crippen LogP contribution in [0.2, 0.25) is 0 Å². The minimum atomic E-state index is -1.81. The molecule has 3 heterocycles. The van der Waals surface area contributed by atoms with Crippen LogP contribution in [-0.2, 0) is 23.7 Å². The average molecular weight is 488 g/mol. The molecule has 3 saturated heterocycles. The van der Waals surface area contributed by atoms with Crippen molar-refractivity contribution in [3.63, 3.8) is 0 Å². The third kappa shape index (κ3) is 5.64. The van der Waals surface area contributed by atoms with Crippen molar-refractivity contribution >= 4 is 0 Å². The van der Waals surface area contributed by atoms with Crippen molar-refractivity contribution in [1.82, 2.24) is 0 Å². The number of hydrogen-bond acceptors (Lipinski definition) is 15. The van der Waals surface area contributed by atoms with Gasteiger partial charge in [-0.15, -0.1) is 0 Å². The van der Waals surface area contributed by atoms with Gasteiger partial charge >= 0.3 is 0 Å². The molecule has 0 spiro atoms. The van der Waals surface area contributed by atoms with E-state index in [0.717, 1.165) is 0 Å². The summed E-state index contributed by atoms with van der Waals surface area (Å²) >= 11 is 0. The third-order valence-corrected chi connectivity index (χ3v) is 5.96. The summed E-state index contributed by atoms with van der Waals surface area (Å²) in [6.45, 7) is -2.09. The van der Waals surface area contributed by atoms with Crippen LogP contribution in [0.4, 0.5) is 0 Å². The highest BCUT2D eigenvalue weighted by molar-refractivity contribution is 4.95. The fraction of sp³-hybridized carbons (Fsp3) is 1.00. The minimum absolute atomic E-state index is 0.224. The standard InChI is InChI=1S/C18H32O15/c19-2-7-5(22)1-6(23)17(30-7)33-15-10(24)8(3-20)31-18(13(15)27)32-14-9(4-21)29-16(28)12(26)11(14)25/h5-28H,1-4H2/t5-,6+,7+,8+,9+,10+,11+,12+,13+,14+,15-,16?,17+,18+/m0/s1. The van der Waals surface area contributed by atoms with Crippen LogP contribution in [0.15, 0.2) is 0 Å². The number of aliphatic hydroxyl groups is 10. The van der Waals surface area contributed by atoms with Gasteiger partial charge in [-0.25, -0.2) is 0 Å². The quantitative estimate of drug-likeness (QED) is 0.160. The molecule has 194 valence electrons. The Labute approximate surface area is 187 Å². The summed E-state index contributed by atoms with van der Waals surface area (Å²) in [4.78, 5) is 0. The molecule has 15 heteroatoms. The van der Waals surface area contributed by atoms with Gasteiger partial charge in [0.05, 0.1) is 25.9 Å². The van der Waals surface area contributed by atoms with Crippen LogP contribution in [0.5, 0.6) is 0 Å². The molecule has 3 aliphatic heterocycles. The Morgan fingerprint density at radius 1 is 0.545 bits per heavy atom. The maximum atomic E-state index is 10.7. The molecule has 10 N–H and O–H groups in total. The topological polar surface area (TPSA) is 248 Å². The number of rotatable bonds is 7. The lowest BCUT2D eigenvalue weighted by atomic mass is 9.96. The van der Waals surface area contributed by atoms with E-state index in [1.165, 1.54) is 0 Å². The van der Waals surface area contributed by atoms with Crippen LogP contribution in [0.1, 0.15) is 6.42 Å². The fourth-order valence-corrected chi connectivity index (χ4v) is 4.02. The van der Waals surface area contributed by atoms with Crippen LogP contribution in [-0.4, -0.2) is 157 Å². The van der Waals surface area contributed by atoms with E-state index >= 15 is 0 Å². The lowest BCUT2D eigenvalue weighted by Crippen LogP contribution is -2.65. The van der Waals surface area contributed by atoms with Crippen molar-refractivity contribution < 1.29 is 74.7 Å². The van der Waals surface area contributed by atoms with E-state index in [4.69, 9.17) is 23.7 Å². The number of aliphatic hydroxyl groups excluding tert-OH is 10. The van der Waals surface area contributed by atoms with Gasteiger partial charge in [0.25, 0.3) is 0 Å². The molecule has 1 unspecified atom stereocenters. The van der Waals surface area contributed by atoms with Crippen molar-refractivity contribution in [2.75, 3.05) is 19.8 Å². The van der Waals surface area contributed by atoms with Crippen molar-refractivity contribution in [1.29, 1.82) is 0 Å². The molecule has 0 aromatic carbocycles. The molecule has 0 radical (unpaired) electrons. The molecule has 0 aliphatic carbocycles. The number of ether oxygens (including phenoxy) is 5. The maximum absolute atomic E-state index is 10.7. The Kier molecular flexibility index (Phi) is 9.35. The van der Waals surface area contributed by atoms with Crippen molar-refractivity contribution in [2.24, 2.45) is 0 Å². The van der Waals surface area contributed by atoms with Crippen LogP contribution >= 0.6 is 0 Å². The molecule has 0 saturated carbocycles. The summed E-state index contributed by atoms with van der Waals surface area (Å²) in [7, 11) is 0. The maximum Gasteiger partial charge on any atom is 0.187 e. The molecule has 3 fully saturated rings. The molecule has 3 aliphatic rings. The van der Waals surface area contributed by atoms with Crippen LogP contribution in [0.3, 0.4) is 0 Å². The third-order valence-electron chi connectivity index (χ3n) is 5.96. The summed E-state index contributed by atoms with van der Waals surface area (Å²) in [6.07, 6.45) is -21.7. The first-order valence-electron chi connectivity index (χ1n) is 10.5. The highest BCUT2D eigenvalue weighted by atomic mass is 16.7. The lowest BCUT2D eigenvalue weighted by molar-refractivity contribution is -0.374. The van der Waals surface area contributed by atoms with Gasteiger partial charge in [-0.2, -0.15) is 0 Å². The fourth-order valence-electron chi connectivity index (χ4n) is 4.02. The lowest BCUT2D eigenvalue weighted by Gasteiger charge is -2.47. The smallest absolute Gasteiger partial charge is 0.187 e. The Morgan fingerprint density at radius 2 is 1.12 bits per heavy atom. The predicted molar refractivity (Wildman–Crippen MR) is 99.9 cm³/mol. The molecule has 14 atom stereocenters. The highest BCUT2D eigenvalue weighted by Crippen LogP contribution is 2.32. The monoisotopic (exact) mass is 488 g/mol. The zero-order valence-electron chi connectivity index (χ0n) is 17.4. The van der Waals surface area contributed by atoms with Crippen molar-refractivity contribution in [3.05, 3.63) is 0 Å². The van der Waals surface area contributed by atoms with E-state index in [-0.39, 0.29) is 6.42 Å². The second kappa shape index (κ2) is 11.4. The van der Waals surface area contributed by atoms with Crippen LogP contribution in [0.25, 0.3) is 0 Å². The summed E-state index contributed by atoms with van der Waals surface area (Å²) in [5.41, 5.74) is 0. The molecular formula is C18H32O15. The van der Waals surface area contributed by atoms with Crippen LogP contribution in [0, 0.1) is 0 Å². The van der Waals surface area contributed by atoms with E-state index in [1.807, 2.05) is 0 Å². The van der Waals surface area contributed by atoms with Gasteiger partial charge < -0.3 is 74.7 Å². The van der Waals surface area contributed by atoms with Gasteiger partial charge in [-0.1, -0.05) is 0 Å². The van der Waals surface area contributed by atoms with Crippen molar-refractivity contribution in [3.8, 4) is 0 Å². The minimum Gasteiger partial charge on any atom is -0.394 e. The first-order valence-corrected chi connectivity index (χ1v) is 10.5. The Balaban J connectivity index is 1.76. The summed E-state index contributed by atoms with van der Waals surface area (Å²) < 4.78 is 26.6. The molecule has 3 rings (SSSR count). The zero-order valence-corrected chi connectivity index (χ0v) is 17.4. The van der Waals surface area contributed by atoms with Gasteiger partial charge in [0, 0.05) is 6.42 Å². The predicted octanol–water partition coefficient (Wildman–Crippen LogP) is -6.54. The van der Waals surface area contributed by atoms with Gasteiger partial charge in [0.2, 0.25) is 0 Å². The van der Waals surface area contributed by atoms with E-state index in [0.29, 0.717) is 0 Å². The Morgan fingerprint density at radius 3 is 1.73 bits per heavy atom. The summed E-state index contributed by atoms with van der Waals surface area (Å²) in [5.74, 6) is 0. The van der Waals surface area contributed by atoms with Gasteiger partial charge in [-0.05, 0) is 0 Å². The first kappa shape index (κ1) is 27.0. The van der Waals surface area contributed by atoms with Gasteiger partial charge in [0.15, 0.2) is 18.9 Å². The van der Waals surface area contributed by atoms with Crippen molar-refractivity contribution in [2.45, 2.75) is 92.4 Å². The first-order chi connectivity index (χ1) is 15.6. The van der Waals surface area contributed by atoms with E-state index in [1.54, 1.807) is 0 Å². The largest absolute Gasteiger partial charge is 0.394 e. The molecule has 0 aromatic rings. The highest BCUT2D eigenvalue weighted by Gasteiger charge is 2.52. The Hall–Kier alpha value is -0.600. The normalized spacial score (nSPS) is 51.5. The molecule has 0 bridgehead atoms. The second-order valence-electron chi connectivity index (χ2n) is 8.23. The van der Waals surface area contributed by atoms with E-state index in [2.05, 4.69) is 0 Å². The average Bonchev–Trinajstić information content (AvgIpc) is 2.79. The zero-order chi connectivity index (χ0) is 24.4. The SMILES string of the molecule is OC[C@H]1O[C@H](O[C@H]2[C@H](O)[C@@H](O)C(O)O[C@@H]2CO)[C@H](O)[C@@H](O[C@H]2O[C@H](CO)[C@@H](O)C[C@H]2O)[C@@H]1O. The summed E-state index contributed by atoms with van der Waals surface area (Å²) in [5, 5.41) is 99.3. The van der Waals surface area contributed by atoms with E-state index in [9.17, 15) is 51.1 Å². The molecule has 0 amide bonds. The van der Waals surface area contributed by atoms with Crippen LogP contribution < -0.4 is 0 Å². The summed E-state index contributed by atoms with van der Waals surface area (Å²) in [6, 6.07) is 0. The molecule has 15 nitrogen and oxygen atoms in total. The molecular weight excluding hydrogens is 456 g/mol.